The zero-order valence-corrected chi connectivity index (χ0v) is 6.55. The largest absolute Gasteiger partial charge is 0.318 e. The normalized spacial score (nSPS) is 9.90. The highest BCUT2D eigenvalue weighted by molar-refractivity contribution is 5.29. The molecule has 0 radical (unpaired) electrons. The first-order valence-electron chi connectivity index (χ1n) is 3.20. The molecule has 0 aliphatic carbocycles. The van der Waals surface area contributed by atoms with E-state index in [1.165, 1.54) is 0 Å². The molecule has 10 heavy (non-hydrogen) atoms. The van der Waals surface area contributed by atoms with Gasteiger partial charge in [-0.3, -0.25) is 0 Å². The van der Waals surface area contributed by atoms with Crippen LogP contribution in [-0.2, 0) is 7.05 Å². The third kappa shape index (κ3) is 0.943. The molecule has 0 saturated carbocycles. The van der Waals surface area contributed by atoms with Gasteiger partial charge >= 0.3 is 0 Å². The quantitative estimate of drug-likeness (QED) is 0.517. The topological polar surface area (TPSA) is 42.8 Å². The first-order valence-corrected chi connectivity index (χ1v) is 3.20. The molecule has 0 atom stereocenters. The third-order valence-corrected chi connectivity index (χ3v) is 1.70. The van der Waals surface area contributed by atoms with Crippen molar-refractivity contribution in [2.75, 3.05) is 5.73 Å². The van der Waals surface area contributed by atoms with Gasteiger partial charge in [-0.05, 0) is 6.92 Å². The van der Waals surface area contributed by atoms with Crippen LogP contribution in [0.4, 0.5) is 5.82 Å². The molecular formula is C7H12N3+. The zero-order valence-electron chi connectivity index (χ0n) is 6.55. The number of anilines is 1. The van der Waals surface area contributed by atoms with Gasteiger partial charge < -0.3 is 5.73 Å². The Morgan fingerprint density at radius 2 is 2.10 bits per heavy atom. The lowest BCUT2D eigenvalue weighted by molar-refractivity contribution is -0.666. The first-order chi connectivity index (χ1) is 4.63. The van der Waals surface area contributed by atoms with Crippen LogP contribution in [-0.4, -0.2) is 4.98 Å². The van der Waals surface area contributed by atoms with Crippen molar-refractivity contribution in [2.24, 2.45) is 7.05 Å². The maximum atomic E-state index is 5.71. The number of hydrogen-bond acceptors (Lipinski definition) is 2. The third-order valence-electron chi connectivity index (χ3n) is 1.70. The average Bonchev–Trinajstić information content (AvgIpc) is 1.93. The summed E-state index contributed by atoms with van der Waals surface area (Å²) in [5.41, 5.74) is 6.73. The molecule has 3 nitrogen and oxygen atoms in total. The van der Waals surface area contributed by atoms with Gasteiger partial charge in [0, 0.05) is 6.92 Å². The van der Waals surface area contributed by atoms with Gasteiger partial charge in [-0.1, -0.05) is 0 Å². The van der Waals surface area contributed by atoms with Crippen LogP contribution in [0.1, 0.15) is 11.4 Å². The monoisotopic (exact) mass is 138 g/mol. The fourth-order valence-electron chi connectivity index (χ4n) is 0.782. The van der Waals surface area contributed by atoms with Crippen LogP contribution in [0.15, 0.2) is 6.20 Å². The first kappa shape index (κ1) is 6.99. The predicted molar refractivity (Wildman–Crippen MR) is 39.3 cm³/mol. The number of aryl methyl sites for hydroxylation is 2. The lowest BCUT2D eigenvalue weighted by Gasteiger charge is -2.00. The Bertz CT molecular complexity index is 228. The van der Waals surface area contributed by atoms with Crippen molar-refractivity contribution in [3.8, 4) is 0 Å². The number of hydrogen-bond donors (Lipinski definition) is 1. The fraction of sp³-hybridized carbons (Fsp3) is 0.429. The second-order valence-electron chi connectivity index (χ2n) is 2.43. The van der Waals surface area contributed by atoms with Gasteiger partial charge in [0.15, 0.2) is 0 Å². The van der Waals surface area contributed by atoms with E-state index in [4.69, 9.17) is 5.73 Å². The molecule has 0 amide bonds. The van der Waals surface area contributed by atoms with E-state index in [9.17, 15) is 0 Å². The van der Waals surface area contributed by atoms with Crippen LogP contribution in [0, 0.1) is 13.8 Å². The SMILES string of the molecule is Cc1cnc(C)[n+](C)c1N. The zero-order chi connectivity index (χ0) is 7.72. The molecule has 0 spiro atoms. The van der Waals surface area contributed by atoms with E-state index in [1.54, 1.807) is 6.20 Å². The summed E-state index contributed by atoms with van der Waals surface area (Å²) in [5, 5.41) is 0. The van der Waals surface area contributed by atoms with Crippen molar-refractivity contribution in [1.29, 1.82) is 0 Å². The Kier molecular flexibility index (Phi) is 1.57. The minimum absolute atomic E-state index is 0.785. The molecule has 1 rings (SSSR count). The summed E-state index contributed by atoms with van der Waals surface area (Å²) in [5.74, 6) is 1.72. The molecule has 1 aromatic heterocycles. The molecule has 0 fully saturated rings. The number of nitrogens with zero attached hydrogens (tertiary/aromatic N) is 2. The summed E-state index contributed by atoms with van der Waals surface area (Å²) in [6, 6.07) is 0. The van der Waals surface area contributed by atoms with Crippen molar-refractivity contribution >= 4 is 5.82 Å². The Morgan fingerprint density at radius 1 is 1.50 bits per heavy atom. The molecule has 0 aromatic carbocycles. The molecule has 0 aliphatic rings. The van der Waals surface area contributed by atoms with Crippen molar-refractivity contribution < 1.29 is 4.57 Å². The number of nitrogen functional groups attached to an aromatic ring is 1. The number of aromatic nitrogens is 2. The van der Waals surface area contributed by atoms with Gasteiger partial charge in [-0.2, -0.15) is 0 Å². The molecule has 0 saturated heterocycles. The maximum absolute atomic E-state index is 5.71. The molecule has 0 aliphatic heterocycles. The van der Waals surface area contributed by atoms with Gasteiger partial charge in [-0.25, -0.2) is 4.57 Å². The molecule has 0 bridgehead atoms. The standard InChI is InChI=1S/C7H11N3/c1-5-4-9-6(2)10(3)7(5)8/h4,8H,1-3H3/p+1. The summed E-state index contributed by atoms with van der Waals surface area (Å²) >= 11 is 0. The second kappa shape index (κ2) is 2.25. The van der Waals surface area contributed by atoms with Crippen LogP contribution < -0.4 is 10.3 Å². The van der Waals surface area contributed by atoms with Gasteiger partial charge in [0.25, 0.3) is 0 Å². The molecule has 1 heterocycles. The van der Waals surface area contributed by atoms with Crippen molar-refractivity contribution in [3.05, 3.63) is 17.6 Å². The lowest BCUT2D eigenvalue weighted by Crippen LogP contribution is -2.37. The smallest absolute Gasteiger partial charge is 0.234 e. The van der Waals surface area contributed by atoms with Gasteiger partial charge in [0.1, 0.15) is 6.20 Å². The van der Waals surface area contributed by atoms with Crippen LogP contribution in [0.5, 0.6) is 0 Å². The summed E-state index contributed by atoms with van der Waals surface area (Å²) < 4.78 is 1.87. The van der Waals surface area contributed by atoms with Gasteiger partial charge in [0.05, 0.1) is 12.6 Å². The highest BCUT2D eigenvalue weighted by Crippen LogP contribution is 2.00. The van der Waals surface area contributed by atoms with E-state index < -0.39 is 0 Å². The summed E-state index contributed by atoms with van der Waals surface area (Å²) in [7, 11) is 1.91. The number of rotatable bonds is 0. The highest BCUT2D eigenvalue weighted by Gasteiger charge is 2.06. The van der Waals surface area contributed by atoms with Crippen molar-refractivity contribution in [2.45, 2.75) is 13.8 Å². The van der Waals surface area contributed by atoms with E-state index >= 15 is 0 Å². The molecule has 54 valence electrons. The summed E-state index contributed by atoms with van der Waals surface area (Å²) in [6.07, 6.45) is 1.78. The van der Waals surface area contributed by atoms with Crippen LogP contribution in [0.3, 0.4) is 0 Å². The van der Waals surface area contributed by atoms with Gasteiger partial charge in [-0.15, -0.1) is 4.98 Å². The molecule has 3 heteroatoms. The van der Waals surface area contributed by atoms with Crippen molar-refractivity contribution in [3.63, 3.8) is 0 Å². The van der Waals surface area contributed by atoms with Crippen LogP contribution in [0.2, 0.25) is 0 Å². The van der Waals surface area contributed by atoms with Gasteiger partial charge in [0.2, 0.25) is 11.6 Å². The Morgan fingerprint density at radius 3 is 2.60 bits per heavy atom. The summed E-state index contributed by atoms with van der Waals surface area (Å²) in [4.78, 5) is 4.12. The predicted octanol–water partition coefficient (Wildman–Crippen LogP) is 0.105. The minimum Gasteiger partial charge on any atom is -0.318 e. The second-order valence-corrected chi connectivity index (χ2v) is 2.43. The maximum Gasteiger partial charge on any atom is 0.234 e. The Labute approximate surface area is 60.5 Å². The van der Waals surface area contributed by atoms with E-state index in [-0.39, 0.29) is 0 Å². The van der Waals surface area contributed by atoms with E-state index in [1.807, 2.05) is 25.5 Å². The fourth-order valence-corrected chi connectivity index (χ4v) is 0.782. The average molecular weight is 138 g/mol. The molecule has 1 aromatic rings. The van der Waals surface area contributed by atoms with Crippen molar-refractivity contribution in [1.82, 2.24) is 4.98 Å². The number of nitrogens with two attached hydrogens (primary N) is 1. The highest BCUT2D eigenvalue weighted by atomic mass is 15.1. The Balaban J connectivity index is 3.34. The lowest BCUT2D eigenvalue weighted by atomic mass is 10.3. The van der Waals surface area contributed by atoms with E-state index in [2.05, 4.69) is 4.98 Å². The molecular weight excluding hydrogens is 126 g/mol. The Hall–Kier alpha value is -1.12. The van der Waals surface area contributed by atoms with Crippen LogP contribution in [0.25, 0.3) is 0 Å². The van der Waals surface area contributed by atoms with E-state index in [0.717, 1.165) is 17.2 Å². The van der Waals surface area contributed by atoms with E-state index in [0.29, 0.717) is 0 Å². The molecule has 0 unspecified atom stereocenters. The minimum atomic E-state index is 0.785. The van der Waals surface area contributed by atoms with Crippen LogP contribution >= 0.6 is 0 Å². The summed E-state index contributed by atoms with van der Waals surface area (Å²) in [6.45, 7) is 3.87. The molecule has 2 N–H and O–H groups in total.